The van der Waals surface area contributed by atoms with Crippen molar-refractivity contribution in [2.75, 3.05) is 6.54 Å². The van der Waals surface area contributed by atoms with Crippen LogP contribution in [0.5, 0.6) is 0 Å². The van der Waals surface area contributed by atoms with E-state index in [0.717, 1.165) is 12.8 Å². The molecule has 0 aliphatic heterocycles. The third kappa shape index (κ3) is 2.78. The van der Waals surface area contributed by atoms with Crippen LogP contribution in [0.25, 0.3) is 0 Å². The summed E-state index contributed by atoms with van der Waals surface area (Å²) in [6.45, 7) is -0.374. The van der Waals surface area contributed by atoms with E-state index in [2.05, 4.69) is 20.5 Å². The number of hydrogen-bond donors (Lipinski definition) is 4. The Bertz CT molecular complexity index is 440. The second-order valence-electron chi connectivity index (χ2n) is 3.88. The largest absolute Gasteiger partial charge is 0.479 e. The minimum Gasteiger partial charge on any atom is -0.479 e. The number of carboxylic acids is 1. The van der Waals surface area contributed by atoms with Crippen LogP contribution in [0.2, 0.25) is 0 Å². The summed E-state index contributed by atoms with van der Waals surface area (Å²) < 4.78 is 0. The minimum absolute atomic E-state index is 0.0375. The first-order valence-corrected chi connectivity index (χ1v) is 5.19. The molecule has 0 saturated heterocycles. The summed E-state index contributed by atoms with van der Waals surface area (Å²) in [5.41, 5.74) is 0. The molecule has 0 radical (unpaired) electrons. The molecule has 1 aliphatic rings. The lowest BCUT2D eigenvalue weighted by Gasteiger charge is -2.05. The van der Waals surface area contributed by atoms with Crippen molar-refractivity contribution >= 4 is 11.9 Å². The summed E-state index contributed by atoms with van der Waals surface area (Å²) in [5, 5.41) is 26.0. The molecule has 1 saturated carbocycles. The van der Waals surface area contributed by atoms with E-state index in [9.17, 15) is 9.59 Å². The normalized spacial score (nSPS) is 16.5. The number of aromatic amines is 1. The number of amides is 1. The maximum atomic E-state index is 11.5. The molecule has 0 unspecified atom stereocenters. The number of nitrogens with zero attached hydrogens (tertiary/aromatic N) is 2. The van der Waals surface area contributed by atoms with Gasteiger partial charge in [-0.1, -0.05) is 0 Å². The van der Waals surface area contributed by atoms with Gasteiger partial charge in [-0.25, -0.2) is 9.78 Å². The van der Waals surface area contributed by atoms with Crippen LogP contribution in [-0.2, 0) is 4.79 Å². The van der Waals surface area contributed by atoms with Gasteiger partial charge in [0.25, 0.3) is 5.91 Å². The van der Waals surface area contributed by atoms with Crippen molar-refractivity contribution in [1.29, 1.82) is 0 Å². The van der Waals surface area contributed by atoms with Crippen molar-refractivity contribution in [3.63, 3.8) is 0 Å². The van der Waals surface area contributed by atoms with E-state index < -0.39 is 18.0 Å². The standard InChI is InChI=1S/C9H12N4O4/c14-5(9(16)17)3-10-8(15)7-11-6(12-13-7)4-1-2-4/h4-5,14H,1-3H2,(H,10,15)(H,16,17)(H,11,12,13)/t5-/m0/s1. The van der Waals surface area contributed by atoms with E-state index in [4.69, 9.17) is 10.2 Å². The third-order valence-electron chi connectivity index (χ3n) is 2.41. The quantitative estimate of drug-likeness (QED) is 0.515. The second kappa shape index (κ2) is 4.50. The van der Waals surface area contributed by atoms with Gasteiger partial charge in [0, 0.05) is 5.92 Å². The first-order valence-electron chi connectivity index (χ1n) is 5.19. The summed E-state index contributed by atoms with van der Waals surface area (Å²) in [6, 6.07) is 0. The minimum atomic E-state index is -1.62. The highest BCUT2D eigenvalue weighted by Gasteiger charge is 2.28. The van der Waals surface area contributed by atoms with Gasteiger partial charge in [-0.15, -0.1) is 5.10 Å². The predicted molar refractivity (Wildman–Crippen MR) is 54.3 cm³/mol. The Morgan fingerprint density at radius 2 is 2.24 bits per heavy atom. The first-order chi connectivity index (χ1) is 8.08. The molecular formula is C9H12N4O4. The Morgan fingerprint density at radius 3 is 2.82 bits per heavy atom. The number of aromatic nitrogens is 3. The van der Waals surface area contributed by atoms with Crippen molar-refractivity contribution in [3.05, 3.63) is 11.6 Å². The molecule has 0 aromatic carbocycles. The molecule has 1 heterocycles. The number of nitrogens with one attached hydrogen (secondary N) is 2. The van der Waals surface area contributed by atoms with E-state index in [-0.39, 0.29) is 12.4 Å². The number of carbonyl (C=O) groups excluding carboxylic acids is 1. The SMILES string of the molecule is O=C(NC[C@H](O)C(=O)O)c1n[nH]c(C2CC2)n1. The lowest BCUT2D eigenvalue weighted by atomic mass is 10.3. The van der Waals surface area contributed by atoms with Crippen LogP contribution in [0.4, 0.5) is 0 Å². The fourth-order valence-electron chi connectivity index (χ4n) is 1.27. The molecule has 4 N–H and O–H groups in total. The maximum Gasteiger partial charge on any atom is 0.334 e. The third-order valence-corrected chi connectivity index (χ3v) is 2.41. The molecule has 2 rings (SSSR count). The van der Waals surface area contributed by atoms with Crippen LogP contribution in [-0.4, -0.2) is 49.9 Å². The summed E-state index contributed by atoms with van der Waals surface area (Å²) >= 11 is 0. The summed E-state index contributed by atoms with van der Waals surface area (Å²) in [6.07, 6.45) is 0.447. The maximum absolute atomic E-state index is 11.5. The summed E-state index contributed by atoms with van der Waals surface area (Å²) in [4.78, 5) is 25.8. The van der Waals surface area contributed by atoms with Crippen molar-refractivity contribution < 1.29 is 19.8 Å². The average Bonchev–Trinajstić information content (AvgIpc) is 3.03. The van der Waals surface area contributed by atoms with Crippen molar-refractivity contribution in [2.24, 2.45) is 0 Å². The Kier molecular flexibility index (Phi) is 3.05. The number of H-pyrrole nitrogens is 1. The predicted octanol–water partition coefficient (Wildman–Crippen LogP) is -1.14. The molecule has 92 valence electrons. The van der Waals surface area contributed by atoms with Gasteiger partial charge in [0.15, 0.2) is 6.10 Å². The number of rotatable bonds is 5. The van der Waals surface area contributed by atoms with E-state index in [1.54, 1.807) is 0 Å². The molecule has 1 aromatic rings. The lowest BCUT2D eigenvalue weighted by Crippen LogP contribution is -2.36. The number of carbonyl (C=O) groups is 2. The zero-order valence-electron chi connectivity index (χ0n) is 8.88. The van der Waals surface area contributed by atoms with Gasteiger partial charge in [0.1, 0.15) is 5.82 Å². The zero-order valence-corrected chi connectivity index (χ0v) is 8.88. The number of carboxylic acid groups (broad SMARTS) is 1. The van der Waals surface area contributed by atoms with Gasteiger partial charge >= 0.3 is 5.97 Å². The fraction of sp³-hybridized carbons (Fsp3) is 0.556. The molecule has 8 nitrogen and oxygen atoms in total. The number of aliphatic hydroxyl groups excluding tert-OH is 1. The highest BCUT2D eigenvalue weighted by atomic mass is 16.4. The Morgan fingerprint density at radius 1 is 1.53 bits per heavy atom. The Labute approximate surface area is 96.1 Å². The molecule has 17 heavy (non-hydrogen) atoms. The van der Waals surface area contributed by atoms with Crippen LogP contribution in [0.3, 0.4) is 0 Å². The summed E-state index contributed by atoms with van der Waals surface area (Å²) in [7, 11) is 0. The van der Waals surface area contributed by atoms with E-state index in [1.165, 1.54) is 0 Å². The van der Waals surface area contributed by atoms with Crippen molar-refractivity contribution in [1.82, 2.24) is 20.5 Å². The molecule has 1 aromatic heterocycles. The fourth-order valence-corrected chi connectivity index (χ4v) is 1.27. The van der Waals surface area contributed by atoms with Gasteiger partial charge in [0.2, 0.25) is 5.82 Å². The van der Waals surface area contributed by atoms with Crippen LogP contribution < -0.4 is 5.32 Å². The van der Waals surface area contributed by atoms with Crippen molar-refractivity contribution in [2.45, 2.75) is 24.9 Å². The van der Waals surface area contributed by atoms with Crippen molar-refractivity contribution in [3.8, 4) is 0 Å². The van der Waals surface area contributed by atoms with Gasteiger partial charge in [-0.2, -0.15) is 0 Å². The van der Waals surface area contributed by atoms with Crippen LogP contribution in [0, 0.1) is 0 Å². The number of aliphatic hydroxyl groups is 1. The monoisotopic (exact) mass is 240 g/mol. The zero-order chi connectivity index (χ0) is 12.4. The first kappa shape index (κ1) is 11.5. The van der Waals surface area contributed by atoms with Gasteiger partial charge < -0.3 is 15.5 Å². The lowest BCUT2D eigenvalue weighted by molar-refractivity contribution is -0.146. The smallest absolute Gasteiger partial charge is 0.334 e. The topological polar surface area (TPSA) is 128 Å². The second-order valence-corrected chi connectivity index (χ2v) is 3.88. The Hall–Kier alpha value is -1.96. The molecule has 0 bridgehead atoms. The van der Waals surface area contributed by atoms with Crippen LogP contribution >= 0.6 is 0 Å². The van der Waals surface area contributed by atoms with E-state index in [1.807, 2.05) is 0 Å². The molecule has 1 amide bonds. The molecule has 1 fully saturated rings. The highest BCUT2D eigenvalue weighted by molar-refractivity contribution is 5.90. The van der Waals surface area contributed by atoms with E-state index >= 15 is 0 Å². The molecular weight excluding hydrogens is 228 g/mol. The molecule has 0 spiro atoms. The van der Waals surface area contributed by atoms with E-state index in [0.29, 0.717) is 11.7 Å². The number of hydrogen-bond acceptors (Lipinski definition) is 5. The van der Waals surface area contributed by atoms with Crippen LogP contribution in [0.1, 0.15) is 35.2 Å². The molecule has 8 heteroatoms. The average molecular weight is 240 g/mol. The number of aliphatic carboxylic acids is 1. The Balaban J connectivity index is 1.88. The molecule has 1 atom stereocenters. The van der Waals surface area contributed by atoms with Gasteiger partial charge in [0.05, 0.1) is 6.54 Å². The van der Waals surface area contributed by atoms with Gasteiger partial charge in [-0.05, 0) is 12.8 Å². The summed E-state index contributed by atoms with van der Waals surface area (Å²) in [5.74, 6) is -1.00. The van der Waals surface area contributed by atoms with Gasteiger partial charge in [-0.3, -0.25) is 9.89 Å². The highest BCUT2D eigenvalue weighted by Crippen LogP contribution is 2.37. The molecule has 1 aliphatic carbocycles. The van der Waals surface area contributed by atoms with Crippen LogP contribution in [0.15, 0.2) is 0 Å².